The highest BCUT2D eigenvalue weighted by atomic mass is 16.5. The van der Waals surface area contributed by atoms with Crippen LogP contribution in [-0.4, -0.2) is 25.9 Å². The van der Waals surface area contributed by atoms with Crippen LogP contribution in [0.15, 0.2) is 10.5 Å². The highest BCUT2D eigenvalue weighted by molar-refractivity contribution is 5.20. The van der Waals surface area contributed by atoms with Gasteiger partial charge in [0, 0.05) is 18.2 Å². The first kappa shape index (κ1) is 15.5. The van der Waals surface area contributed by atoms with E-state index in [1.165, 1.54) is 19.3 Å². The average Bonchev–Trinajstić information content (AvgIpc) is 3.20. The Kier molecular flexibility index (Phi) is 6.57. The molecular weight excluding hydrogens is 254 g/mol. The highest BCUT2D eigenvalue weighted by Gasteiger charge is 2.20. The van der Waals surface area contributed by atoms with Gasteiger partial charge in [-0.1, -0.05) is 13.3 Å². The van der Waals surface area contributed by atoms with Gasteiger partial charge in [-0.25, -0.2) is 0 Å². The number of ether oxygens (including phenoxy) is 2. The minimum absolute atomic E-state index is 0.607. The van der Waals surface area contributed by atoms with Crippen molar-refractivity contribution in [2.75, 3.05) is 19.8 Å². The second kappa shape index (κ2) is 8.45. The topological polar surface area (TPSA) is 43.6 Å². The molecule has 0 aromatic carbocycles. The van der Waals surface area contributed by atoms with Crippen LogP contribution in [0.2, 0.25) is 0 Å². The van der Waals surface area contributed by atoms with Crippen molar-refractivity contribution < 1.29 is 13.9 Å². The molecule has 0 bridgehead atoms. The number of rotatable bonds is 11. The maximum absolute atomic E-state index is 5.73. The summed E-state index contributed by atoms with van der Waals surface area (Å²) in [6.07, 6.45) is 4.90. The molecule has 1 aromatic rings. The zero-order valence-corrected chi connectivity index (χ0v) is 12.7. The van der Waals surface area contributed by atoms with E-state index in [1.807, 2.05) is 6.92 Å². The minimum atomic E-state index is 0.607. The van der Waals surface area contributed by atoms with Gasteiger partial charge in [0.1, 0.15) is 11.5 Å². The van der Waals surface area contributed by atoms with E-state index in [-0.39, 0.29) is 0 Å². The Balaban J connectivity index is 1.59. The maximum Gasteiger partial charge on any atom is 0.118 e. The lowest BCUT2D eigenvalue weighted by molar-refractivity contribution is 0.0393. The number of hydrogen-bond donors (Lipinski definition) is 1. The van der Waals surface area contributed by atoms with Crippen LogP contribution in [0.3, 0.4) is 0 Å². The van der Waals surface area contributed by atoms with E-state index in [0.717, 1.165) is 36.7 Å². The largest absolute Gasteiger partial charge is 0.465 e. The zero-order chi connectivity index (χ0) is 14.2. The zero-order valence-electron chi connectivity index (χ0n) is 12.7. The summed E-state index contributed by atoms with van der Waals surface area (Å²) < 4.78 is 16.8. The van der Waals surface area contributed by atoms with Crippen LogP contribution >= 0.6 is 0 Å². The molecule has 1 saturated carbocycles. The SMILES string of the molecule is CCCCOCCOCc1cc(CNC2CC2)oc1C. The van der Waals surface area contributed by atoms with Crippen LogP contribution in [0.5, 0.6) is 0 Å². The molecule has 2 rings (SSSR count). The quantitative estimate of drug-likeness (QED) is 0.633. The van der Waals surface area contributed by atoms with Crippen LogP contribution in [0.4, 0.5) is 0 Å². The summed E-state index contributed by atoms with van der Waals surface area (Å²) in [6.45, 7) is 7.74. The molecule has 0 amide bonds. The Morgan fingerprint density at radius 3 is 2.80 bits per heavy atom. The second-order valence-corrected chi connectivity index (χ2v) is 5.47. The van der Waals surface area contributed by atoms with Gasteiger partial charge in [0.2, 0.25) is 0 Å². The molecular formula is C16H27NO3. The van der Waals surface area contributed by atoms with Gasteiger partial charge in [-0.15, -0.1) is 0 Å². The van der Waals surface area contributed by atoms with Gasteiger partial charge in [0.25, 0.3) is 0 Å². The van der Waals surface area contributed by atoms with E-state index in [4.69, 9.17) is 13.9 Å². The van der Waals surface area contributed by atoms with Crippen molar-refractivity contribution in [3.05, 3.63) is 23.2 Å². The van der Waals surface area contributed by atoms with Crippen molar-refractivity contribution in [3.63, 3.8) is 0 Å². The summed E-state index contributed by atoms with van der Waals surface area (Å²) in [5.74, 6) is 1.97. The molecule has 1 N–H and O–H groups in total. The van der Waals surface area contributed by atoms with E-state index in [9.17, 15) is 0 Å². The second-order valence-electron chi connectivity index (χ2n) is 5.47. The van der Waals surface area contributed by atoms with Crippen molar-refractivity contribution in [2.24, 2.45) is 0 Å². The van der Waals surface area contributed by atoms with Gasteiger partial charge < -0.3 is 19.2 Å². The van der Waals surface area contributed by atoms with E-state index < -0.39 is 0 Å². The van der Waals surface area contributed by atoms with Gasteiger partial charge >= 0.3 is 0 Å². The predicted octanol–water partition coefficient (Wildman–Crippen LogP) is 3.17. The van der Waals surface area contributed by atoms with Crippen LogP contribution in [-0.2, 0) is 22.6 Å². The fraction of sp³-hybridized carbons (Fsp3) is 0.750. The third kappa shape index (κ3) is 5.65. The van der Waals surface area contributed by atoms with Crippen LogP contribution < -0.4 is 5.32 Å². The summed E-state index contributed by atoms with van der Waals surface area (Å²) in [5.41, 5.74) is 1.14. The van der Waals surface area contributed by atoms with Gasteiger partial charge in [-0.3, -0.25) is 0 Å². The van der Waals surface area contributed by atoms with Crippen LogP contribution in [0.25, 0.3) is 0 Å². The summed E-state index contributed by atoms with van der Waals surface area (Å²) >= 11 is 0. The van der Waals surface area contributed by atoms with Gasteiger partial charge in [-0.05, 0) is 32.3 Å². The molecule has 1 aliphatic rings. The molecule has 20 heavy (non-hydrogen) atoms. The average molecular weight is 281 g/mol. The molecule has 1 aliphatic carbocycles. The molecule has 0 spiro atoms. The number of aryl methyl sites for hydroxylation is 1. The Morgan fingerprint density at radius 2 is 2.05 bits per heavy atom. The molecule has 1 heterocycles. The fourth-order valence-corrected chi connectivity index (χ4v) is 2.00. The first-order chi connectivity index (χ1) is 9.79. The molecule has 0 aliphatic heterocycles. The predicted molar refractivity (Wildman–Crippen MR) is 78.7 cm³/mol. The van der Waals surface area contributed by atoms with Gasteiger partial charge in [-0.2, -0.15) is 0 Å². The van der Waals surface area contributed by atoms with Crippen molar-refractivity contribution in [3.8, 4) is 0 Å². The standard InChI is InChI=1S/C16H27NO3/c1-3-4-7-18-8-9-19-12-14-10-16(20-13(14)2)11-17-15-5-6-15/h10,15,17H,3-9,11-12H2,1-2H3. The Morgan fingerprint density at radius 1 is 1.25 bits per heavy atom. The lowest BCUT2D eigenvalue weighted by atomic mass is 10.2. The third-order valence-electron chi connectivity index (χ3n) is 3.49. The van der Waals surface area contributed by atoms with E-state index in [0.29, 0.717) is 25.9 Å². The molecule has 1 fully saturated rings. The van der Waals surface area contributed by atoms with Crippen molar-refractivity contribution >= 4 is 0 Å². The maximum atomic E-state index is 5.73. The summed E-state index contributed by atoms with van der Waals surface area (Å²) in [4.78, 5) is 0. The summed E-state index contributed by atoms with van der Waals surface area (Å²) in [7, 11) is 0. The Labute approximate surface area is 121 Å². The monoisotopic (exact) mass is 281 g/mol. The van der Waals surface area contributed by atoms with Gasteiger partial charge in [0.05, 0.1) is 26.4 Å². The summed E-state index contributed by atoms with van der Waals surface area (Å²) in [5, 5.41) is 3.45. The number of hydrogen-bond acceptors (Lipinski definition) is 4. The first-order valence-corrected chi connectivity index (χ1v) is 7.76. The molecule has 0 radical (unpaired) electrons. The van der Waals surface area contributed by atoms with E-state index in [2.05, 4.69) is 18.3 Å². The first-order valence-electron chi connectivity index (χ1n) is 7.76. The molecule has 0 saturated heterocycles. The normalized spacial score (nSPS) is 14.9. The van der Waals surface area contributed by atoms with E-state index in [1.54, 1.807) is 0 Å². The smallest absolute Gasteiger partial charge is 0.118 e. The molecule has 114 valence electrons. The van der Waals surface area contributed by atoms with Crippen LogP contribution in [0, 0.1) is 6.92 Å². The molecule has 0 atom stereocenters. The van der Waals surface area contributed by atoms with Crippen molar-refractivity contribution in [1.29, 1.82) is 0 Å². The molecule has 4 nitrogen and oxygen atoms in total. The van der Waals surface area contributed by atoms with Crippen molar-refractivity contribution in [2.45, 2.75) is 58.7 Å². The lowest BCUT2D eigenvalue weighted by Crippen LogP contribution is -2.14. The Hall–Kier alpha value is -0.840. The van der Waals surface area contributed by atoms with Crippen molar-refractivity contribution in [1.82, 2.24) is 5.32 Å². The highest BCUT2D eigenvalue weighted by Crippen LogP contribution is 2.21. The third-order valence-corrected chi connectivity index (χ3v) is 3.49. The van der Waals surface area contributed by atoms with Gasteiger partial charge in [0.15, 0.2) is 0 Å². The number of furan rings is 1. The fourth-order valence-electron chi connectivity index (χ4n) is 2.00. The molecule has 0 unspecified atom stereocenters. The Bertz CT molecular complexity index is 385. The number of unbranched alkanes of at least 4 members (excludes halogenated alkanes) is 1. The number of nitrogens with one attached hydrogen (secondary N) is 1. The van der Waals surface area contributed by atoms with Crippen LogP contribution in [0.1, 0.15) is 49.7 Å². The minimum Gasteiger partial charge on any atom is -0.465 e. The lowest BCUT2D eigenvalue weighted by Gasteiger charge is -2.04. The molecule has 4 heteroatoms. The molecule has 1 aromatic heterocycles. The van der Waals surface area contributed by atoms with E-state index >= 15 is 0 Å². The summed E-state index contributed by atoms with van der Waals surface area (Å²) in [6, 6.07) is 2.81.